The lowest BCUT2D eigenvalue weighted by molar-refractivity contribution is 0.103. The van der Waals surface area contributed by atoms with E-state index in [0.717, 1.165) is 24.1 Å². The summed E-state index contributed by atoms with van der Waals surface area (Å²) in [6, 6.07) is 9.38. The highest BCUT2D eigenvalue weighted by molar-refractivity contribution is 6.08. The van der Waals surface area contributed by atoms with Crippen molar-refractivity contribution in [3.05, 3.63) is 47.7 Å². The first kappa shape index (κ1) is 8.05. The van der Waals surface area contributed by atoms with Crippen molar-refractivity contribution in [2.24, 2.45) is 0 Å². The molecule has 1 aliphatic heterocycles. The van der Waals surface area contributed by atoms with Gasteiger partial charge in [-0.1, -0.05) is 30.3 Å². The van der Waals surface area contributed by atoms with Crippen molar-refractivity contribution in [2.75, 3.05) is 6.54 Å². The molecule has 1 N–H and O–H groups in total. The zero-order valence-corrected chi connectivity index (χ0v) is 7.29. The van der Waals surface area contributed by atoms with Gasteiger partial charge in [-0.05, 0) is 6.42 Å². The Kier molecular flexibility index (Phi) is 2.13. The molecule has 1 aromatic rings. The van der Waals surface area contributed by atoms with E-state index in [2.05, 4.69) is 5.32 Å². The maximum Gasteiger partial charge on any atom is 0.190 e. The van der Waals surface area contributed by atoms with Crippen LogP contribution >= 0.6 is 0 Å². The average Bonchev–Trinajstić information content (AvgIpc) is 2.71. The summed E-state index contributed by atoms with van der Waals surface area (Å²) in [5, 5.41) is 3.04. The van der Waals surface area contributed by atoms with Crippen molar-refractivity contribution < 1.29 is 4.79 Å². The summed E-state index contributed by atoms with van der Waals surface area (Å²) < 4.78 is 0. The third-order valence-electron chi connectivity index (χ3n) is 2.14. The molecule has 0 radical (unpaired) electrons. The fourth-order valence-corrected chi connectivity index (χ4v) is 1.43. The molecule has 1 heterocycles. The highest BCUT2D eigenvalue weighted by Gasteiger charge is 2.14. The summed E-state index contributed by atoms with van der Waals surface area (Å²) >= 11 is 0. The number of carbonyl (C=O) groups excluding carboxylic acids is 1. The number of carbonyl (C=O) groups is 1. The van der Waals surface area contributed by atoms with Crippen LogP contribution < -0.4 is 5.32 Å². The van der Waals surface area contributed by atoms with E-state index in [-0.39, 0.29) is 5.78 Å². The van der Waals surface area contributed by atoms with E-state index >= 15 is 0 Å². The Hall–Kier alpha value is -1.57. The van der Waals surface area contributed by atoms with Crippen molar-refractivity contribution in [3.8, 4) is 0 Å². The van der Waals surface area contributed by atoms with Crippen LogP contribution in [0.3, 0.4) is 0 Å². The number of ketones is 1. The predicted molar refractivity (Wildman–Crippen MR) is 51.5 cm³/mol. The third kappa shape index (κ3) is 1.61. The molecule has 66 valence electrons. The first-order chi connectivity index (χ1) is 6.38. The monoisotopic (exact) mass is 173 g/mol. The number of benzene rings is 1. The van der Waals surface area contributed by atoms with Gasteiger partial charge in [-0.25, -0.2) is 0 Å². The van der Waals surface area contributed by atoms with Crippen LogP contribution in [0.2, 0.25) is 0 Å². The van der Waals surface area contributed by atoms with Gasteiger partial charge < -0.3 is 5.32 Å². The summed E-state index contributed by atoms with van der Waals surface area (Å²) in [6.07, 6.45) is 2.66. The van der Waals surface area contributed by atoms with E-state index in [0.29, 0.717) is 0 Å². The second-order valence-corrected chi connectivity index (χ2v) is 3.07. The normalized spacial score (nSPS) is 14.9. The molecule has 2 nitrogen and oxygen atoms in total. The summed E-state index contributed by atoms with van der Waals surface area (Å²) in [7, 11) is 0. The SMILES string of the molecule is O=C(C1=CNCC1)c1ccccc1. The minimum absolute atomic E-state index is 0.144. The molecule has 2 rings (SSSR count). The zero-order chi connectivity index (χ0) is 9.10. The Morgan fingerprint density at radius 3 is 2.62 bits per heavy atom. The number of hydrogen-bond donors (Lipinski definition) is 1. The molecule has 13 heavy (non-hydrogen) atoms. The van der Waals surface area contributed by atoms with Gasteiger partial charge >= 0.3 is 0 Å². The molecule has 0 saturated carbocycles. The van der Waals surface area contributed by atoms with Gasteiger partial charge in [0.1, 0.15) is 0 Å². The number of rotatable bonds is 2. The number of hydrogen-bond acceptors (Lipinski definition) is 2. The van der Waals surface area contributed by atoms with Crippen molar-refractivity contribution >= 4 is 5.78 Å². The molecular weight excluding hydrogens is 162 g/mol. The lowest BCUT2D eigenvalue weighted by atomic mass is 10.0. The van der Waals surface area contributed by atoms with Gasteiger partial charge in [0.2, 0.25) is 0 Å². The van der Waals surface area contributed by atoms with Crippen LogP contribution in [0.5, 0.6) is 0 Å². The van der Waals surface area contributed by atoms with Crippen LogP contribution in [0.25, 0.3) is 0 Å². The Labute approximate surface area is 77.3 Å². The molecule has 2 heteroatoms. The van der Waals surface area contributed by atoms with Gasteiger partial charge in [0.05, 0.1) is 0 Å². The minimum atomic E-state index is 0.144. The second-order valence-electron chi connectivity index (χ2n) is 3.07. The maximum atomic E-state index is 11.7. The van der Waals surface area contributed by atoms with E-state index in [1.807, 2.05) is 36.5 Å². The van der Waals surface area contributed by atoms with Crippen LogP contribution in [0.4, 0.5) is 0 Å². The summed E-state index contributed by atoms with van der Waals surface area (Å²) in [5.41, 5.74) is 1.66. The van der Waals surface area contributed by atoms with Crippen molar-refractivity contribution in [1.82, 2.24) is 5.32 Å². The van der Waals surface area contributed by atoms with Crippen LogP contribution in [0.1, 0.15) is 16.8 Å². The maximum absolute atomic E-state index is 11.7. The Balaban J connectivity index is 2.23. The Morgan fingerprint density at radius 1 is 1.23 bits per heavy atom. The minimum Gasteiger partial charge on any atom is -0.390 e. The quantitative estimate of drug-likeness (QED) is 0.690. The molecule has 0 aliphatic carbocycles. The fraction of sp³-hybridized carbons (Fsp3) is 0.182. The highest BCUT2D eigenvalue weighted by atomic mass is 16.1. The first-order valence-electron chi connectivity index (χ1n) is 4.40. The summed E-state index contributed by atoms with van der Waals surface area (Å²) in [4.78, 5) is 11.7. The van der Waals surface area contributed by atoms with Gasteiger partial charge in [-0.2, -0.15) is 0 Å². The molecule has 1 aromatic carbocycles. The van der Waals surface area contributed by atoms with Crippen LogP contribution in [-0.4, -0.2) is 12.3 Å². The molecule has 0 aromatic heterocycles. The van der Waals surface area contributed by atoms with Crippen molar-refractivity contribution in [3.63, 3.8) is 0 Å². The molecule has 0 unspecified atom stereocenters. The van der Waals surface area contributed by atoms with Gasteiger partial charge in [-0.15, -0.1) is 0 Å². The average molecular weight is 173 g/mol. The largest absolute Gasteiger partial charge is 0.390 e. The van der Waals surface area contributed by atoms with E-state index in [9.17, 15) is 4.79 Å². The van der Waals surface area contributed by atoms with Crippen LogP contribution in [0, 0.1) is 0 Å². The fourth-order valence-electron chi connectivity index (χ4n) is 1.43. The Bertz CT molecular complexity index is 340. The Morgan fingerprint density at radius 2 is 2.00 bits per heavy atom. The lowest BCUT2D eigenvalue weighted by Gasteiger charge is -1.98. The second kappa shape index (κ2) is 3.44. The lowest BCUT2D eigenvalue weighted by Crippen LogP contribution is -2.01. The van der Waals surface area contributed by atoms with Gasteiger partial charge in [0, 0.05) is 23.9 Å². The zero-order valence-electron chi connectivity index (χ0n) is 7.29. The molecule has 1 aliphatic rings. The number of Topliss-reactive ketones (excluding diaryl/α,β-unsaturated/α-hetero) is 1. The smallest absolute Gasteiger partial charge is 0.190 e. The summed E-state index contributed by atoms with van der Waals surface area (Å²) in [5.74, 6) is 0.144. The molecule has 0 saturated heterocycles. The molecule has 0 amide bonds. The van der Waals surface area contributed by atoms with Crippen molar-refractivity contribution in [1.29, 1.82) is 0 Å². The molecule has 0 fully saturated rings. The van der Waals surface area contributed by atoms with Gasteiger partial charge in [0.15, 0.2) is 5.78 Å². The van der Waals surface area contributed by atoms with E-state index in [4.69, 9.17) is 0 Å². The molecular formula is C11H11NO. The standard InChI is InChI=1S/C11H11NO/c13-11(10-6-7-12-8-10)9-4-2-1-3-5-9/h1-5,8,12H,6-7H2. The number of nitrogens with one attached hydrogen (secondary N) is 1. The molecule has 0 bridgehead atoms. The van der Waals surface area contributed by atoms with Gasteiger partial charge in [0.25, 0.3) is 0 Å². The summed E-state index contributed by atoms with van der Waals surface area (Å²) in [6.45, 7) is 0.883. The van der Waals surface area contributed by atoms with Crippen LogP contribution in [-0.2, 0) is 0 Å². The van der Waals surface area contributed by atoms with E-state index in [1.165, 1.54) is 0 Å². The predicted octanol–water partition coefficient (Wildman–Crippen LogP) is 1.75. The highest BCUT2D eigenvalue weighted by Crippen LogP contribution is 2.13. The van der Waals surface area contributed by atoms with Crippen LogP contribution in [0.15, 0.2) is 42.1 Å². The van der Waals surface area contributed by atoms with E-state index in [1.54, 1.807) is 0 Å². The first-order valence-corrected chi connectivity index (χ1v) is 4.40. The molecule has 0 atom stereocenters. The van der Waals surface area contributed by atoms with Gasteiger partial charge in [-0.3, -0.25) is 4.79 Å². The van der Waals surface area contributed by atoms with E-state index < -0.39 is 0 Å². The topological polar surface area (TPSA) is 29.1 Å². The third-order valence-corrected chi connectivity index (χ3v) is 2.14. The molecule has 0 spiro atoms. The van der Waals surface area contributed by atoms with Crippen molar-refractivity contribution in [2.45, 2.75) is 6.42 Å².